The van der Waals surface area contributed by atoms with Gasteiger partial charge in [0.15, 0.2) is 11.4 Å². The third-order valence-corrected chi connectivity index (χ3v) is 4.88. The number of rotatable bonds is 3. The van der Waals surface area contributed by atoms with Crippen LogP contribution in [-0.4, -0.2) is 35.9 Å². The van der Waals surface area contributed by atoms with Gasteiger partial charge < -0.3 is 14.7 Å². The molecule has 1 aliphatic rings. The second-order valence-corrected chi connectivity index (χ2v) is 6.33. The van der Waals surface area contributed by atoms with E-state index in [1.807, 2.05) is 7.05 Å². The molecule has 1 N–H and O–H groups in total. The Kier molecular flexibility index (Phi) is 3.38. The number of fused-ring (bicyclic) bond motifs is 1. The third-order valence-electron chi connectivity index (χ3n) is 4.88. The summed E-state index contributed by atoms with van der Waals surface area (Å²) in [5.41, 5.74) is 4.35. The molecule has 2 aromatic heterocycles. The van der Waals surface area contributed by atoms with Crippen LogP contribution in [0.3, 0.4) is 0 Å². The third kappa shape index (κ3) is 2.23. The van der Waals surface area contributed by atoms with Crippen molar-refractivity contribution in [3.8, 4) is 5.82 Å². The molecule has 1 unspecified atom stereocenters. The molecule has 120 valence electrons. The number of nitrogens with zero attached hydrogens (tertiary/aromatic N) is 3. The predicted octanol–water partition coefficient (Wildman–Crippen LogP) is 3.03. The summed E-state index contributed by atoms with van der Waals surface area (Å²) in [6, 6.07) is 11.1. The van der Waals surface area contributed by atoms with E-state index in [0.29, 0.717) is 6.04 Å². The van der Waals surface area contributed by atoms with Crippen molar-refractivity contribution in [3.05, 3.63) is 41.7 Å². The van der Waals surface area contributed by atoms with Crippen LogP contribution in [0.5, 0.6) is 0 Å². The zero-order chi connectivity index (χ0) is 16.0. The molecule has 5 heteroatoms. The Bertz CT molecular complexity index is 828. The van der Waals surface area contributed by atoms with Gasteiger partial charge in [0.1, 0.15) is 0 Å². The van der Waals surface area contributed by atoms with Crippen molar-refractivity contribution in [2.45, 2.75) is 26.3 Å². The van der Waals surface area contributed by atoms with E-state index >= 15 is 0 Å². The van der Waals surface area contributed by atoms with E-state index in [1.165, 1.54) is 11.4 Å². The van der Waals surface area contributed by atoms with Gasteiger partial charge in [0.05, 0.1) is 11.1 Å². The lowest BCUT2D eigenvalue weighted by Gasteiger charge is -2.18. The van der Waals surface area contributed by atoms with Crippen molar-refractivity contribution >= 4 is 16.7 Å². The second-order valence-electron chi connectivity index (χ2n) is 6.33. The summed E-state index contributed by atoms with van der Waals surface area (Å²) in [6.07, 6.45) is 1.16. The maximum absolute atomic E-state index is 5.76. The number of anilines is 1. The summed E-state index contributed by atoms with van der Waals surface area (Å²) in [4.78, 5) is 2.38. The van der Waals surface area contributed by atoms with Gasteiger partial charge in [-0.25, -0.2) is 0 Å². The highest BCUT2D eigenvalue weighted by molar-refractivity contribution is 5.94. The van der Waals surface area contributed by atoms with Gasteiger partial charge in [-0.2, -0.15) is 0 Å². The number of likely N-dealkylation sites (N-methyl/N-ethyl adjacent to an activating group) is 1. The number of aryl methyl sites for hydroxylation is 2. The van der Waals surface area contributed by atoms with E-state index in [1.54, 1.807) is 0 Å². The topological polar surface area (TPSA) is 46.2 Å². The first-order valence-electron chi connectivity index (χ1n) is 8.15. The molecule has 0 radical (unpaired) electrons. The summed E-state index contributed by atoms with van der Waals surface area (Å²) in [6.45, 7) is 6.24. The van der Waals surface area contributed by atoms with Crippen LogP contribution in [0, 0.1) is 13.8 Å². The predicted molar refractivity (Wildman–Crippen MR) is 92.5 cm³/mol. The highest BCUT2D eigenvalue weighted by Gasteiger charge is 2.25. The molecule has 0 spiro atoms. The van der Waals surface area contributed by atoms with E-state index in [4.69, 9.17) is 4.52 Å². The molecule has 0 saturated carbocycles. The van der Waals surface area contributed by atoms with Gasteiger partial charge in [-0.15, -0.1) is 0 Å². The molecule has 0 aliphatic carbocycles. The number of benzene rings is 1. The first kappa shape index (κ1) is 14.3. The van der Waals surface area contributed by atoms with Crippen LogP contribution in [0.25, 0.3) is 16.8 Å². The quantitative estimate of drug-likeness (QED) is 0.808. The summed E-state index contributed by atoms with van der Waals surface area (Å²) in [7, 11) is 2.03. The van der Waals surface area contributed by atoms with Crippen molar-refractivity contribution < 1.29 is 4.52 Å². The molecule has 1 atom stereocenters. The largest absolute Gasteiger partial charge is 0.367 e. The molecule has 0 amide bonds. The van der Waals surface area contributed by atoms with Crippen molar-refractivity contribution in [2.75, 3.05) is 25.0 Å². The van der Waals surface area contributed by atoms with Crippen molar-refractivity contribution in [3.63, 3.8) is 0 Å². The Morgan fingerprint density at radius 2 is 1.96 bits per heavy atom. The van der Waals surface area contributed by atoms with Crippen LogP contribution in [-0.2, 0) is 0 Å². The second kappa shape index (κ2) is 5.42. The highest BCUT2D eigenvalue weighted by atomic mass is 16.5. The molecule has 1 aliphatic heterocycles. The smallest absolute Gasteiger partial charge is 0.192 e. The first-order chi connectivity index (χ1) is 11.2. The lowest BCUT2D eigenvalue weighted by Crippen LogP contribution is -2.29. The Morgan fingerprint density at radius 3 is 2.65 bits per heavy atom. The number of para-hydroxylation sites is 1. The zero-order valence-electron chi connectivity index (χ0n) is 13.8. The zero-order valence-corrected chi connectivity index (χ0v) is 13.8. The molecule has 0 bridgehead atoms. The minimum atomic E-state index is 0.543. The van der Waals surface area contributed by atoms with Crippen LogP contribution >= 0.6 is 0 Å². The van der Waals surface area contributed by atoms with E-state index in [0.717, 1.165) is 42.0 Å². The minimum absolute atomic E-state index is 0.543. The molecule has 5 nitrogen and oxygen atoms in total. The van der Waals surface area contributed by atoms with Gasteiger partial charge in [-0.05, 0) is 51.6 Å². The standard InChI is InChI=1S/C18H22N4O/c1-12-7-8-13(2)22(12)18-15-5-4-6-16(17(15)23-20-18)21-10-9-14(11-21)19-3/h4-8,14,19H,9-11H2,1-3H3. The number of hydrogen-bond acceptors (Lipinski definition) is 4. The Hall–Kier alpha value is -2.27. The van der Waals surface area contributed by atoms with Crippen molar-refractivity contribution in [1.82, 2.24) is 15.0 Å². The lowest BCUT2D eigenvalue weighted by atomic mass is 10.2. The first-order valence-corrected chi connectivity index (χ1v) is 8.15. The summed E-state index contributed by atoms with van der Waals surface area (Å²) in [5, 5.41) is 8.81. The summed E-state index contributed by atoms with van der Waals surface area (Å²) in [5.74, 6) is 0.881. The van der Waals surface area contributed by atoms with E-state index in [9.17, 15) is 0 Å². The molecule has 4 rings (SSSR count). The maximum atomic E-state index is 5.76. The van der Waals surface area contributed by atoms with Gasteiger partial charge in [-0.1, -0.05) is 11.2 Å². The molecular formula is C18H22N4O. The fourth-order valence-electron chi connectivity index (χ4n) is 3.56. The number of aromatic nitrogens is 2. The van der Waals surface area contributed by atoms with Gasteiger partial charge >= 0.3 is 0 Å². The average Bonchev–Trinajstić information content (AvgIpc) is 3.26. The van der Waals surface area contributed by atoms with Gasteiger partial charge in [-0.3, -0.25) is 4.57 Å². The van der Waals surface area contributed by atoms with E-state index in [-0.39, 0.29) is 0 Å². The molecular weight excluding hydrogens is 288 g/mol. The van der Waals surface area contributed by atoms with E-state index in [2.05, 4.69) is 64.1 Å². The monoisotopic (exact) mass is 310 g/mol. The van der Waals surface area contributed by atoms with Crippen LogP contribution in [0.15, 0.2) is 34.9 Å². The van der Waals surface area contributed by atoms with Gasteiger partial charge in [0, 0.05) is 30.5 Å². The molecule has 23 heavy (non-hydrogen) atoms. The van der Waals surface area contributed by atoms with Gasteiger partial charge in [0.2, 0.25) is 0 Å². The Balaban J connectivity index is 1.81. The summed E-state index contributed by atoms with van der Waals surface area (Å²) >= 11 is 0. The molecule has 1 fully saturated rings. The van der Waals surface area contributed by atoms with Crippen LogP contribution in [0.4, 0.5) is 5.69 Å². The maximum Gasteiger partial charge on any atom is 0.192 e. The average molecular weight is 310 g/mol. The van der Waals surface area contributed by atoms with Crippen LogP contribution in [0.2, 0.25) is 0 Å². The number of nitrogens with one attached hydrogen (secondary N) is 1. The molecule has 3 heterocycles. The Morgan fingerprint density at radius 1 is 1.17 bits per heavy atom. The van der Waals surface area contributed by atoms with Gasteiger partial charge in [0.25, 0.3) is 0 Å². The Labute approximate surface area is 135 Å². The summed E-state index contributed by atoms with van der Waals surface area (Å²) < 4.78 is 7.91. The van der Waals surface area contributed by atoms with E-state index < -0.39 is 0 Å². The fraction of sp³-hybridized carbons (Fsp3) is 0.389. The molecule has 1 saturated heterocycles. The van der Waals surface area contributed by atoms with Crippen LogP contribution < -0.4 is 10.2 Å². The molecule has 1 aromatic carbocycles. The van der Waals surface area contributed by atoms with Crippen molar-refractivity contribution in [1.29, 1.82) is 0 Å². The lowest BCUT2D eigenvalue weighted by molar-refractivity contribution is 0.451. The highest BCUT2D eigenvalue weighted by Crippen LogP contribution is 2.33. The SMILES string of the molecule is CNC1CCN(c2cccc3c(-n4c(C)ccc4C)noc23)C1. The normalized spacial score (nSPS) is 18.2. The minimum Gasteiger partial charge on any atom is -0.367 e. The fourth-order valence-corrected chi connectivity index (χ4v) is 3.56. The molecule has 3 aromatic rings. The van der Waals surface area contributed by atoms with Crippen LogP contribution in [0.1, 0.15) is 17.8 Å². The number of hydrogen-bond donors (Lipinski definition) is 1. The van der Waals surface area contributed by atoms with Crippen molar-refractivity contribution in [2.24, 2.45) is 0 Å².